The summed E-state index contributed by atoms with van der Waals surface area (Å²) in [4.78, 5) is 12.4. The number of nitrogens with one attached hydrogen (secondary N) is 1. The number of anilines is 2. The summed E-state index contributed by atoms with van der Waals surface area (Å²) < 4.78 is 42.4. The average Bonchev–Trinajstić information content (AvgIpc) is 3.09. The van der Waals surface area contributed by atoms with Crippen molar-refractivity contribution in [1.82, 2.24) is 9.78 Å². The van der Waals surface area contributed by atoms with Gasteiger partial charge in [0.05, 0.1) is 22.6 Å². The summed E-state index contributed by atoms with van der Waals surface area (Å²) >= 11 is 21.5. The Morgan fingerprint density at radius 1 is 1.07 bits per heavy atom. The smallest absolute Gasteiger partial charge is 0.305 e. The molecule has 3 aromatic rings. The normalized spacial score (nSPS) is 11.4. The number of carbonyl (C=O) groups is 1. The summed E-state index contributed by atoms with van der Waals surface area (Å²) in [6, 6.07) is 8.85. The van der Waals surface area contributed by atoms with E-state index in [-0.39, 0.29) is 16.4 Å². The topological polar surface area (TPSA) is 50.2 Å². The third-order valence-electron chi connectivity index (χ3n) is 3.68. The standard InChI is InChI=1S/C17H10Cl3F3N4OS/c18-9-1-4-11(5-2-9)26-15(17(21,22)23)14(8-24-26)27(29)16(28)25-13-6-3-10(19)7-12(13)20/h1-8,29H,(H,25,28). The number of hydrogen-bond donors (Lipinski definition) is 2. The van der Waals surface area contributed by atoms with Crippen LogP contribution in [0.1, 0.15) is 5.69 Å². The number of carbonyl (C=O) groups excluding carboxylic acids is 1. The molecule has 29 heavy (non-hydrogen) atoms. The molecule has 0 saturated heterocycles. The van der Waals surface area contributed by atoms with Crippen molar-refractivity contribution in [1.29, 1.82) is 0 Å². The molecule has 0 bridgehead atoms. The van der Waals surface area contributed by atoms with Crippen molar-refractivity contribution in [2.45, 2.75) is 6.18 Å². The largest absolute Gasteiger partial charge is 0.435 e. The quantitative estimate of drug-likeness (QED) is 0.407. The Morgan fingerprint density at radius 3 is 2.28 bits per heavy atom. The van der Waals surface area contributed by atoms with E-state index < -0.39 is 23.6 Å². The fourth-order valence-electron chi connectivity index (χ4n) is 2.41. The summed E-state index contributed by atoms with van der Waals surface area (Å²) in [7, 11) is 0. The zero-order valence-electron chi connectivity index (χ0n) is 14.1. The number of nitrogens with zero attached hydrogens (tertiary/aromatic N) is 3. The van der Waals surface area contributed by atoms with Gasteiger partial charge in [-0.3, -0.25) is 0 Å². The summed E-state index contributed by atoms with van der Waals surface area (Å²) in [6.45, 7) is 0. The molecule has 0 aliphatic carbocycles. The van der Waals surface area contributed by atoms with Gasteiger partial charge in [-0.2, -0.15) is 18.3 Å². The van der Waals surface area contributed by atoms with Crippen LogP contribution in [0.15, 0.2) is 48.7 Å². The van der Waals surface area contributed by atoms with E-state index >= 15 is 0 Å². The van der Waals surface area contributed by atoms with Crippen molar-refractivity contribution >= 4 is 65.0 Å². The second kappa shape index (κ2) is 8.35. The van der Waals surface area contributed by atoms with Gasteiger partial charge in [0.25, 0.3) is 0 Å². The molecule has 0 aliphatic rings. The number of hydrogen-bond acceptors (Lipinski definition) is 3. The minimum atomic E-state index is -4.83. The number of thiol groups is 1. The molecule has 0 fully saturated rings. The molecule has 1 N–H and O–H groups in total. The first-order valence-corrected chi connectivity index (χ1v) is 9.27. The van der Waals surface area contributed by atoms with E-state index in [1.54, 1.807) is 0 Å². The molecule has 0 radical (unpaired) electrons. The summed E-state index contributed by atoms with van der Waals surface area (Å²) in [5.74, 6) is 0. The van der Waals surface area contributed by atoms with Gasteiger partial charge in [-0.25, -0.2) is 13.8 Å². The van der Waals surface area contributed by atoms with Crippen molar-refractivity contribution in [3.8, 4) is 5.69 Å². The number of benzene rings is 2. The van der Waals surface area contributed by atoms with Crippen LogP contribution < -0.4 is 9.62 Å². The SMILES string of the molecule is O=C(Nc1ccc(Cl)cc1Cl)N(S)c1cnn(-c2ccc(Cl)cc2)c1C(F)(F)F. The second-order valence-corrected chi connectivity index (χ2v) is 7.31. The van der Waals surface area contributed by atoms with Crippen LogP contribution in [-0.4, -0.2) is 15.8 Å². The third kappa shape index (κ3) is 4.75. The van der Waals surface area contributed by atoms with Gasteiger partial charge in [-0.1, -0.05) is 47.6 Å². The predicted molar refractivity (Wildman–Crippen MR) is 111 cm³/mol. The molecule has 0 aliphatic heterocycles. The van der Waals surface area contributed by atoms with E-state index in [0.717, 1.165) is 6.20 Å². The highest BCUT2D eigenvalue weighted by Crippen LogP contribution is 2.39. The van der Waals surface area contributed by atoms with E-state index in [1.807, 2.05) is 0 Å². The second-order valence-electron chi connectivity index (χ2n) is 5.63. The van der Waals surface area contributed by atoms with Gasteiger partial charge in [0, 0.05) is 10.0 Å². The van der Waals surface area contributed by atoms with Gasteiger partial charge < -0.3 is 5.32 Å². The number of urea groups is 1. The minimum absolute atomic E-state index is 0.107. The van der Waals surface area contributed by atoms with Crippen LogP contribution in [0.2, 0.25) is 15.1 Å². The van der Waals surface area contributed by atoms with Crippen molar-refractivity contribution in [2.75, 3.05) is 9.62 Å². The molecular weight excluding hydrogens is 472 g/mol. The molecule has 5 nitrogen and oxygen atoms in total. The van der Waals surface area contributed by atoms with Crippen LogP contribution in [0, 0.1) is 0 Å². The van der Waals surface area contributed by atoms with Gasteiger partial charge >= 0.3 is 12.2 Å². The van der Waals surface area contributed by atoms with Gasteiger partial charge in [0.2, 0.25) is 0 Å². The summed E-state index contributed by atoms with van der Waals surface area (Å²) in [6.07, 6.45) is -3.95. The molecule has 152 valence electrons. The Bertz CT molecular complexity index is 1060. The lowest BCUT2D eigenvalue weighted by atomic mass is 10.3. The highest BCUT2D eigenvalue weighted by molar-refractivity contribution is 7.82. The van der Waals surface area contributed by atoms with E-state index in [1.165, 1.54) is 42.5 Å². The highest BCUT2D eigenvalue weighted by Gasteiger charge is 2.41. The van der Waals surface area contributed by atoms with Crippen molar-refractivity contribution in [2.24, 2.45) is 0 Å². The molecule has 3 rings (SSSR count). The Kier molecular flexibility index (Phi) is 6.23. The molecule has 12 heteroatoms. The van der Waals surface area contributed by atoms with Crippen LogP contribution in [-0.2, 0) is 6.18 Å². The van der Waals surface area contributed by atoms with Crippen molar-refractivity contribution < 1.29 is 18.0 Å². The first-order chi connectivity index (χ1) is 13.6. The zero-order chi connectivity index (χ0) is 21.3. The lowest BCUT2D eigenvalue weighted by Gasteiger charge is -2.19. The van der Waals surface area contributed by atoms with Crippen LogP contribution >= 0.6 is 47.6 Å². The molecule has 2 aromatic carbocycles. The maximum Gasteiger partial charge on any atom is 0.435 e. The molecule has 1 aromatic heterocycles. The molecule has 0 unspecified atom stereocenters. The first kappa shape index (κ1) is 21.6. The first-order valence-electron chi connectivity index (χ1n) is 7.74. The Labute approximate surface area is 183 Å². The predicted octanol–water partition coefficient (Wildman–Crippen LogP) is 6.73. The molecule has 0 spiro atoms. The van der Waals surface area contributed by atoms with Crippen LogP contribution in [0.5, 0.6) is 0 Å². The molecule has 1 heterocycles. The van der Waals surface area contributed by atoms with Crippen LogP contribution in [0.25, 0.3) is 5.69 Å². The molecular formula is C17H10Cl3F3N4OS. The van der Waals surface area contributed by atoms with Gasteiger partial charge in [0.15, 0.2) is 5.69 Å². The van der Waals surface area contributed by atoms with Gasteiger partial charge in [-0.05, 0) is 42.5 Å². The number of aromatic nitrogens is 2. The molecule has 0 saturated carbocycles. The van der Waals surface area contributed by atoms with Gasteiger partial charge in [-0.15, -0.1) is 0 Å². The highest BCUT2D eigenvalue weighted by atomic mass is 35.5. The summed E-state index contributed by atoms with van der Waals surface area (Å²) in [5.41, 5.74) is -1.50. The Hall–Kier alpha value is -2.07. The maximum absolute atomic E-state index is 13.8. The molecule has 2 amide bonds. The third-order valence-corrected chi connectivity index (χ3v) is 4.88. The fourth-order valence-corrected chi connectivity index (χ4v) is 3.18. The Morgan fingerprint density at radius 2 is 1.69 bits per heavy atom. The number of amides is 2. The van der Waals surface area contributed by atoms with Crippen molar-refractivity contribution in [3.63, 3.8) is 0 Å². The monoisotopic (exact) mass is 480 g/mol. The number of alkyl halides is 3. The summed E-state index contributed by atoms with van der Waals surface area (Å²) in [5, 5.41) is 6.93. The lowest BCUT2D eigenvalue weighted by molar-refractivity contribution is -0.142. The minimum Gasteiger partial charge on any atom is -0.305 e. The zero-order valence-corrected chi connectivity index (χ0v) is 17.2. The average molecular weight is 482 g/mol. The number of halogens is 6. The lowest BCUT2D eigenvalue weighted by Crippen LogP contribution is -2.29. The van der Waals surface area contributed by atoms with Crippen LogP contribution in [0.4, 0.5) is 29.3 Å². The molecule has 0 atom stereocenters. The Balaban J connectivity index is 1.97. The van der Waals surface area contributed by atoms with E-state index in [9.17, 15) is 18.0 Å². The van der Waals surface area contributed by atoms with Crippen molar-refractivity contribution in [3.05, 3.63) is 69.4 Å². The number of rotatable bonds is 3. The van der Waals surface area contributed by atoms with Gasteiger partial charge in [0.1, 0.15) is 5.69 Å². The fraction of sp³-hybridized carbons (Fsp3) is 0.0588. The van der Waals surface area contributed by atoms with E-state index in [4.69, 9.17) is 34.8 Å². The van der Waals surface area contributed by atoms with E-state index in [0.29, 0.717) is 19.0 Å². The van der Waals surface area contributed by atoms with Crippen LogP contribution in [0.3, 0.4) is 0 Å². The van der Waals surface area contributed by atoms with E-state index in [2.05, 4.69) is 23.2 Å². The maximum atomic E-state index is 13.8.